The van der Waals surface area contributed by atoms with Crippen LogP contribution in [0.4, 0.5) is 10.1 Å². The van der Waals surface area contributed by atoms with Crippen LogP contribution in [0.25, 0.3) is 0 Å². The van der Waals surface area contributed by atoms with Crippen molar-refractivity contribution in [3.05, 3.63) is 62.1 Å². The molecule has 2 rings (SSSR count). The van der Waals surface area contributed by atoms with Crippen molar-refractivity contribution in [3.8, 4) is 0 Å². The molecule has 18 heavy (non-hydrogen) atoms. The third-order valence-corrected chi connectivity index (χ3v) is 3.31. The molecule has 0 amide bonds. The molecule has 0 aliphatic heterocycles. The summed E-state index contributed by atoms with van der Waals surface area (Å²) in [6, 6.07) is 7.39. The van der Waals surface area contributed by atoms with E-state index in [-0.39, 0.29) is 12.2 Å². The molecule has 0 radical (unpaired) electrons. The molecule has 0 unspecified atom stereocenters. The van der Waals surface area contributed by atoms with Crippen molar-refractivity contribution in [1.82, 2.24) is 5.32 Å². The normalized spacial score (nSPS) is 10.5. The van der Waals surface area contributed by atoms with E-state index in [0.29, 0.717) is 12.1 Å². The fraction of sp³-hybridized carbons (Fsp3) is 0.167. The topological polar surface area (TPSA) is 55.2 Å². The minimum absolute atomic E-state index is 0.0601. The molecular weight excluding hydrogens is 255 g/mol. The van der Waals surface area contributed by atoms with Crippen LogP contribution in [0.3, 0.4) is 0 Å². The molecule has 0 atom stereocenters. The fourth-order valence-corrected chi connectivity index (χ4v) is 2.28. The summed E-state index contributed by atoms with van der Waals surface area (Å²) >= 11 is 1.60. The number of benzene rings is 1. The number of nitro benzene ring substituents is 1. The summed E-state index contributed by atoms with van der Waals surface area (Å²) in [5, 5.41) is 15.8. The maximum atomic E-state index is 13.1. The Labute approximate surface area is 107 Å². The number of hydrogen-bond donors (Lipinski definition) is 1. The molecule has 0 saturated carbocycles. The molecule has 0 aliphatic rings. The number of thiophene rings is 1. The fourth-order valence-electron chi connectivity index (χ4n) is 1.61. The monoisotopic (exact) mass is 266 g/mol. The Kier molecular flexibility index (Phi) is 4.01. The molecule has 6 heteroatoms. The van der Waals surface area contributed by atoms with Crippen LogP contribution in [0.5, 0.6) is 0 Å². The Bertz CT molecular complexity index is 543. The highest BCUT2D eigenvalue weighted by Gasteiger charge is 2.13. The predicted molar refractivity (Wildman–Crippen MR) is 67.9 cm³/mol. The summed E-state index contributed by atoms with van der Waals surface area (Å²) in [5.41, 5.74) is 0.298. The molecule has 94 valence electrons. The highest BCUT2D eigenvalue weighted by Crippen LogP contribution is 2.19. The van der Waals surface area contributed by atoms with E-state index in [1.807, 2.05) is 17.5 Å². The first-order valence-electron chi connectivity index (χ1n) is 5.33. The first kappa shape index (κ1) is 12.7. The molecule has 0 spiro atoms. The summed E-state index contributed by atoms with van der Waals surface area (Å²) in [4.78, 5) is 11.4. The third kappa shape index (κ3) is 3.12. The van der Waals surface area contributed by atoms with Gasteiger partial charge in [-0.1, -0.05) is 6.07 Å². The molecule has 2 aromatic rings. The van der Waals surface area contributed by atoms with Gasteiger partial charge in [0.1, 0.15) is 5.82 Å². The zero-order valence-electron chi connectivity index (χ0n) is 9.43. The van der Waals surface area contributed by atoms with Crippen molar-refractivity contribution < 1.29 is 9.31 Å². The molecule has 0 aliphatic carbocycles. The molecular formula is C12H11FN2O2S. The minimum Gasteiger partial charge on any atom is -0.308 e. The summed E-state index contributed by atoms with van der Waals surface area (Å²) in [7, 11) is 0. The first-order valence-corrected chi connectivity index (χ1v) is 6.20. The van der Waals surface area contributed by atoms with Gasteiger partial charge in [-0.25, -0.2) is 4.39 Å². The zero-order valence-corrected chi connectivity index (χ0v) is 10.2. The molecule has 1 heterocycles. The smallest absolute Gasteiger partial charge is 0.274 e. The van der Waals surface area contributed by atoms with E-state index in [0.717, 1.165) is 10.9 Å². The van der Waals surface area contributed by atoms with E-state index in [1.54, 1.807) is 11.3 Å². The Hall–Kier alpha value is -1.79. The van der Waals surface area contributed by atoms with Crippen LogP contribution in [0, 0.1) is 15.9 Å². The SMILES string of the molecule is O=[N+]([O-])c1ccc(F)cc1CNCc1cccs1. The van der Waals surface area contributed by atoms with Gasteiger partial charge in [0.15, 0.2) is 0 Å². The van der Waals surface area contributed by atoms with Gasteiger partial charge in [-0.05, 0) is 23.6 Å². The van der Waals surface area contributed by atoms with Gasteiger partial charge in [-0.3, -0.25) is 10.1 Å². The lowest BCUT2D eigenvalue weighted by Crippen LogP contribution is -2.13. The number of nitrogens with one attached hydrogen (secondary N) is 1. The molecule has 4 nitrogen and oxygen atoms in total. The van der Waals surface area contributed by atoms with Crippen LogP contribution in [0.1, 0.15) is 10.4 Å². The van der Waals surface area contributed by atoms with Crippen LogP contribution in [0.2, 0.25) is 0 Å². The van der Waals surface area contributed by atoms with Crippen LogP contribution in [-0.4, -0.2) is 4.92 Å². The van der Waals surface area contributed by atoms with Gasteiger partial charge < -0.3 is 5.32 Å². The molecule has 0 saturated heterocycles. The van der Waals surface area contributed by atoms with Crippen molar-refractivity contribution in [2.75, 3.05) is 0 Å². The van der Waals surface area contributed by atoms with Gasteiger partial charge in [-0.2, -0.15) is 0 Å². The van der Waals surface area contributed by atoms with Gasteiger partial charge in [0, 0.05) is 29.6 Å². The van der Waals surface area contributed by atoms with Crippen molar-refractivity contribution in [2.45, 2.75) is 13.1 Å². The van der Waals surface area contributed by atoms with E-state index in [9.17, 15) is 14.5 Å². The number of nitro groups is 1. The minimum atomic E-state index is -0.498. The second-order valence-electron chi connectivity index (χ2n) is 3.71. The van der Waals surface area contributed by atoms with Gasteiger partial charge in [0.2, 0.25) is 0 Å². The van der Waals surface area contributed by atoms with Gasteiger partial charge in [0.25, 0.3) is 5.69 Å². The highest BCUT2D eigenvalue weighted by molar-refractivity contribution is 7.09. The Morgan fingerprint density at radius 1 is 1.33 bits per heavy atom. The molecule has 0 bridgehead atoms. The van der Waals surface area contributed by atoms with Crippen LogP contribution < -0.4 is 5.32 Å². The van der Waals surface area contributed by atoms with Gasteiger partial charge in [-0.15, -0.1) is 11.3 Å². The van der Waals surface area contributed by atoms with Crippen molar-refractivity contribution in [3.63, 3.8) is 0 Å². The second kappa shape index (κ2) is 5.70. The van der Waals surface area contributed by atoms with E-state index in [4.69, 9.17) is 0 Å². The van der Waals surface area contributed by atoms with Crippen LogP contribution >= 0.6 is 11.3 Å². The Morgan fingerprint density at radius 2 is 2.17 bits per heavy atom. The maximum Gasteiger partial charge on any atom is 0.274 e. The maximum absolute atomic E-state index is 13.1. The van der Waals surface area contributed by atoms with E-state index >= 15 is 0 Å². The van der Waals surface area contributed by atoms with Crippen molar-refractivity contribution >= 4 is 17.0 Å². The number of hydrogen-bond acceptors (Lipinski definition) is 4. The number of rotatable bonds is 5. The summed E-state index contributed by atoms with van der Waals surface area (Å²) in [6.45, 7) is 0.886. The average Bonchev–Trinajstić information content (AvgIpc) is 2.82. The third-order valence-electron chi connectivity index (χ3n) is 2.43. The molecule has 1 aromatic carbocycles. The van der Waals surface area contributed by atoms with Crippen molar-refractivity contribution in [1.29, 1.82) is 0 Å². The summed E-state index contributed by atoms with van der Waals surface area (Å²) in [5.74, 6) is -0.464. The van der Waals surface area contributed by atoms with E-state index in [2.05, 4.69) is 5.32 Å². The zero-order chi connectivity index (χ0) is 13.0. The Morgan fingerprint density at radius 3 is 2.83 bits per heavy atom. The molecule has 1 N–H and O–H groups in total. The lowest BCUT2D eigenvalue weighted by Gasteiger charge is -2.04. The van der Waals surface area contributed by atoms with Crippen molar-refractivity contribution in [2.24, 2.45) is 0 Å². The average molecular weight is 266 g/mol. The van der Waals surface area contributed by atoms with E-state index in [1.165, 1.54) is 12.1 Å². The largest absolute Gasteiger partial charge is 0.308 e. The predicted octanol–water partition coefficient (Wildman–Crippen LogP) is 3.09. The molecule has 0 fully saturated rings. The number of halogens is 1. The number of nitrogens with zero attached hydrogens (tertiary/aromatic N) is 1. The highest BCUT2D eigenvalue weighted by atomic mass is 32.1. The second-order valence-corrected chi connectivity index (χ2v) is 4.75. The van der Waals surface area contributed by atoms with Crippen LogP contribution in [0.15, 0.2) is 35.7 Å². The Balaban J connectivity index is 2.03. The quantitative estimate of drug-likeness (QED) is 0.668. The summed E-state index contributed by atoms with van der Waals surface area (Å²) in [6.07, 6.45) is 0. The summed E-state index contributed by atoms with van der Waals surface area (Å²) < 4.78 is 13.1. The van der Waals surface area contributed by atoms with Gasteiger partial charge >= 0.3 is 0 Å². The standard InChI is InChI=1S/C12H11FN2O2S/c13-10-3-4-12(15(16)17)9(6-10)7-14-8-11-2-1-5-18-11/h1-6,14H,7-8H2. The van der Waals surface area contributed by atoms with Gasteiger partial charge in [0.05, 0.1) is 4.92 Å². The lowest BCUT2D eigenvalue weighted by molar-refractivity contribution is -0.385. The molecule has 1 aromatic heterocycles. The van der Waals surface area contributed by atoms with Crippen LogP contribution in [-0.2, 0) is 13.1 Å². The lowest BCUT2D eigenvalue weighted by atomic mass is 10.1. The first-order chi connectivity index (χ1) is 8.66. The van der Waals surface area contributed by atoms with E-state index < -0.39 is 10.7 Å².